The Morgan fingerprint density at radius 2 is 1.90 bits per heavy atom. The van der Waals surface area contributed by atoms with Crippen molar-refractivity contribution in [3.8, 4) is 11.4 Å². The molecule has 0 aliphatic rings. The fourth-order valence-corrected chi connectivity index (χ4v) is 3.24. The van der Waals surface area contributed by atoms with Gasteiger partial charge in [-0.15, -0.1) is 0 Å². The maximum atomic E-state index is 12.3. The summed E-state index contributed by atoms with van der Waals surface area (Å²) < 4.78 is 7.04. The molecule has 0 spiro atoms. The predicted octanol–water partition coefficient (Wildman–Crippen LogP) is 3.45. The summed E-state index contributed by atoms with van der Waals surface area (Å²) in [5.41, 5.74) is 2.64. The molecule has 4 aromatic rings. The number of fused-ring (bicyclic) bond motifs is 1. The van der Waals surface area contributed by atoms with Crippen molar-refractivity contribution in [2.75, 3.05) is 0 Å². The highest BCUT2D eigenvalue weighted by molar-refractivity contribution is 5.94. The number of aromatic amines is 1. The fraction of sp³-hybridized carbons (Fsp3) is 0.238. The predicted molar refractivity (Wildman–Crippen MR) is 109 cm³/mol. The molecule has 0 bridgehead atoms. The smallest absolute Gasteiger partial charge is 0.326 e. The highest BCUT2D eigenvalue weighted by Gasteiger charge is 2.19. The molecule has 1 unspecified atom stereocenters. The van der Waals surface area contributed by atoms with Crippen molar-refractivity contribution in [2.24, 2.45) is 0 Å². The second kappa shape index (κ2) is 7.38. The average Bonchev–Trinajstić information content (AvgIpc) is 3.32. The third kappa shape index (κ3) is 3.56. The average molecular weight is 391 g/mol. The minimum absolute atomic E-state index is 0.0490. The van der Waals surface area contributed by atoms with Crippen LogP contribution < -0.4 is 11.0 Å². The van der Waals surface area contributed by atoms with Gasteiger partial charge in [0.05, 0.1) is 11.0 Å². The molecule has 0 aliphatic carbocycles. The summed E-state index contributed by atoms with van der Waals surface area (Å²) in [7, 11) is 0. The molecule has 148 valence electrons. The van der Waals surface area contributed by atoms with Crippen molar-refractivity contribution < 1.29 is 9.32 Å². The number of imidazole rings is 1. The SMILES string of the molecule is CC(NC(=O)c1ccccc1)c1nc(-c2ccc3c(c2)[nH]c(=O)n3C(C)C)no1. The van der Waals surface area contributed by atoms with E-state index in [4.69, 9.17) is 4.52 Å². The second-order valence-electron chi connectivity index (χ2n) is 7.14. The van der Waals surface area contributed by atoms with Gasteiger partial charge in [-0.25, -0.2) is 4.79 Å². The Hall–Kier alpha value is -3.68. The minimum Gasteiger partial charge on any atom is -0.341 e. The molecule has 0 aliphatic heterocycles. The van der Waals surface area contributed by atoms with Crippen LogP contribution in [0.25, 0.3) is 22.4 Å². The molecule has 8 heteroatoms. The van der Waals surface area contributed by atoms with E-state index in [0.29, 0.717) is 28.4 Å². The van der Waals surface area contributed by atoms with Crippen LogP contribution in [0.5, 0.6) is 0 Å². The number of nitrogens with one attached hydrogen (secondary N) is 2. The normalized spacial score (nSPS) is 12.4. The zero-order chi connectivity index (χ0) is 20.5. The second-order valence-corrected chi connectivity index (χ2v) is 7.14. The summed E-state index contributed by atoms with van der Waals surface area (Å²) in [5.74, 6) is 0.477. The summed E-state index contributed by atoms with van der Waals surface area (Å²) in [4.78, 5) is 31.7. The summed E-state index contributed by atoms with van der Waals surface area (Å²) in [6, 6.07) is 14.1. The number of nitrogens with zero attached hydrogens (tertiary/aromatic N) is 3. The Kier molecular flexibility index (Phi) is 4.75. The van der Waals surface area contributed by atoms with Crippen molar-refractivity contribution in [2.45, 2.75) is 32.9 Å². The molecular weight excluding hydrogens is 370 g/mol. The number of hydrogen-bond donors (Lipinski definition) is 2. The quantitative estimate of drug-likeness (QED) is 0.542. The van der Waals surface area contributed by atoms with E-state index in [9.17, 15) is 9.59 Å². The van der Waals surface area contributed by atoms with Crippen LogP contribution in [-0.2, 0) is 0 Å². The van der Waals surface area contributed by atoms with Crippen LogP contribution in [0.4, 0.5) is 0 Å². The van der Waals surface area contributed by atoms with Gasteiger partial charge in [-0.05, 0) is 51.1 Å². The van der Waals surface area contributed by atoms with Gasteiger partial charge in [0.15, 0.2) is 0 Å². The van der Waals surface area contributed by atoms with Crippen molar-refractivity contribution in [1.82, 2.24) is 25.0 Å². The molecule has 2 heterocycles. The van der Waals surface area contributed by atoms with E-state index >= 15 is 0 Å². The monoisotopic (exact) mass is 391 g/mol. The highest BCUT2D eigenvalue weighted by Crippen LogP contribution is 2.23. The fourth-order valence-electron chi connectivity index (χ4n) is 3.24. The Morgan fingerprint density at radius 1 is 1.14 bits per heavy atom. The van der Waals surface area contributed by atoms with Gasteiger partial charge >= 0.3 is 5.69 Å². The first-order valence-electron chi connectivity index (χ1n) is 9.38. The van der Waals surface area contributed by atoms with Crippen LogP contribution in [0.1, 0.15) is 49.1 Å². The molecule has 0 radical (unpaired) electrons. The lowest BCUT2D eigenvalue weighted by Gasteiger charge is -2.09. The van der Waals surface area contributed by atoms with E-state index in [0.717, 1.165) is 5.52 Å². The van der Waals surface area contributed by atoms with E-state index < -0.39 is 6.04 Å². The summed E-state index contributed by atoms with van der Waals surface area (Å²) in [5, 5.41) is 6.87. The van der Waals surface area contributed by atoms with Crippen LogP contribution in [0.15, 0.2) is 57.8 Å². The Balaban J connectivity index is 1.57. The van der Waals surface area contributed by atoms with Gasteiger partial charge in [0.25, 0.3) is 5.91 Å². The number of carbonyl (C=O) groups is 1. The van der Waals surface area contributed by atoms with E-state index in [2.05, 4.69) is 20.4 Å². The zero-order valence-corrected chi connectivity index (χ0v) is 16.3. The number of aromatic nitrogens is 4. The molecule has 8 nitrogen and oxygen atoms in total. The first kappa shape index (κ1) is 18.7. The number of carbonyl (C=O) groups excluding carboxylic acids is 1. The van der Waals surface area contributed by atoms with Gasteiger partial charge < -0.3 is 14.8 Å². The van der Waals surface area contributed by atoms with Crippen LogP contribution in [-0.4, -0.2) is 25.6 Å². The van der Waals surface area contributed by atoms with Crippen molar-refractivity contribution in [3.63, 3.8) is 0 Å². The van der Waals surface area contributed by atoms with E-state index in [1.54, 1.807) is 35.8 Å². The molecular formula is C21H21N5O3. The molecule has 0 saturated heterocycles. The molecule has 2 aromatic carbocycles. The third-order valence-electron chi connectivity index (χ3n) is 4.69. The van der Waals surface area contributed by atoms with E-state index in [1.165, 1.54) is 0 Å². The Bertz CT molecular complexity index is 1220. The molecule has 4 rings (SSSR count). The van der Waals surface area contributed by atoms with Gasteiger partial charge in [-0.3, -0.25) is 9.36 Å². The highest BCUT2D eigenvalue weighted by atomic mass is 16.5. The van der Waals surface area contributed by atoms with Crippen molar-refractivity contribution in [3.05, 3.63) is 70.5 Å². The van der Waals surface area contributed by atoms with E-state index in [-0.39, 0.29) is 17.6 Å². The number of amides is 1. The molecule has 1 amide bonds. The van der Waals surface area contributed by atoms with Crippen LogP contribution in [0.2, 0.25) is 0 Å². The summed E-state index contributed by atoms with van der Waals surface area (Å²) in [6.45, 7) is 5.69. The topological polar surface area (TPSA) is 106 Å². The lowest BCUT2D eigenvalue weighted by atomic mass is 10.2. The molecule has 2 aromatic heterocycles. The molecule has 1 atom stereocenters. The molecule has 2 N–H and O–H groups in total. The van der Waals surface area contributed by atoms with Gasteiger partial charge in [-0.2, -0.15) is 4.98 Å². The lowest BCUT2D eigenvalue weighted by molar-refractivity contribution is 0.0932. The Labute approximate surface area is 166 Å². The van der Waals surface area contributed by atoms with Gasteiger partial charge in [0.2, 0.25) is 11.7 Å². The summed E-state index contributed by atoms with van der Waals surface area (Å²) >= 11 is 0. The number of rotatable bonds is 5. The summed E-state index contributed by atoms with van der Waals surface area (Å²) in [6.07, 6.45) is 0. The standard InChI is InChI=1S/C21H21N5O3/c1-12(2)26-17-10-9-15(11-16(17)23-21(26)28)18-24-20(29-25-18)13(3)22-19(27)14-7-5-4-6-8-14/h4-13H,1-3H3,(H,22,27)(H,23,28). The first-order chi connectivity index (χ1) is 13.9. The van der Waals surface area contributed by atoms with Crippen molar-refractivity contribution in [1.29, 1.82) is 0 Å². The van der Waals surface area contributed by atoms with Gasteiger partial charge in [0, 0.05) is 17.2 Å². The molecule has 29 heavy (non-hydrogen) atoms. The van der Waals surface area contributed by atoms with Gasteiger partial charge in [-0.1, -0.05) is 23.4 Å². The van der Waals surface area contributed by atoms with Crippen LogP contribution >= 0.6 is 0 Å². The van der Waals surface area contributed by atoms with Crippen LogP contribution in [0.3, 0.4) is 0 Å². The molecule has 0 saturated carbocycles. The van der Waals surface area contributed by atoms with Crippen LogP contribution in [0, 0.1) is 0 Å². The van der Waals surface area contributed by atoms with Crippen molar-refractivity contribution >= 4 is 16.9 Å². The largest absolute Gasteiger partial charge is 0.341 e. The van der Waals surface area contributed by atoms with E-state index in [1.807, 2.05) is 38.1 Å². The number of hydrogen-bond acceptors (Lipinski definition) is 5. The third-order valence-corrected chi connectivity index (χ3v) is 4.69. The zero-order valence-electron chi connectivity index (χ0n) is 16.3. The Morgan fingerprint density at radius 3 is 2.62 bits per heavy atom. The molecule has 0 fully saturated rings. The maximum Gasteiger partial charge on any atom is 0.326 e. The first-order valence-corrected chi connectivity index (χ1v) is 9.38. The minimum atomic E-state index is -0.450. The lowest BCUT2D eigenvalue weighted by Crippen LogP contribution is -2.26. The maximum absolute atomic E-state index is 12.3. The number of benzene rings is 2. The van der Waals surface area contributed by atoms with Gasteiger partial charge in [0.1, 0.15) is 6.04 Å². The number of H-pyrrole nitrogens is 1.